The van der Waals surface area contributed by atoms with Crippen molar-refractivity contribution >= 4 is 0 Å². The van der Waals surface area contributed by atoms with Crippen LogP contribution in [0.15, 0.2) is 0 Å². The van der Waals surface area contributed by atoms with E-state index in [1.54, 1.807) is 0 Å². The molecule has 0 aliphatic carbocycles. The standard InChI is InChI=1S/C42H90N2.2BrH/c1-9-11-13-15-17-21-25-29-33-37-41(3)43(5,6)39-35-31-27-23-19-20-24-28-32-36-40-44(7,8)42(4)38-34-30-26-22-18-16-14-12-10-2;;/h41-42H,9-40H2,1-8H3;2*1H/q+2;;/p-2. The van der Waals surface area contributed by atoms with Gasteiger partial charge in [0.1, 0.15) is 0 Å². The number of hydrogen-bond acceptors (Lipinski definition) is 0. The number of halogens is 2. The maximum absolute atomic E-state index is 2.50. The first-order chi connectivity index (χ1) is 21.2. The Balaban J connectivity index is -0.00000924. The minimum atomic E-state index is 0. The van der Waals surface area contributed by atoms with Gasteiger partial charge in [0.15, 0.2) is 0 Å². The Morgan fingerprint density at radius 1 is 0.304 bits per heavy atom. The van der Waals surface area contributed by atoms with E-state index in [1.165, 1.54) is 215 Å². The van der Waals surface area contributed by atoms with Gasteiger partial charge in [0, 0.05) is 0 Å². The SMILES string of the molecule is CCCCCCCCCCCC(C)[N+](C)(C)CCCCCCCCCCCC[N+](C)(C)C(C)CCCCCCCCCCC.[Br-].[Br-]. The first-order valence-electron chi connectivity index (χ1n) is 20.8. The third-order valence-corrected chi connectivity index (χ3v) is 11.6. The maximum atomic E-state index is 2.50. The highest BCUT2D eigenvalue weighted by atomic mass is 79.9. The van der Waals surface area contributed by atoms with Gasteiger partial charge in [0.05, 0.1) is 53.4 Å². The number of unbranched alkanes of at least 4 members (excludes halogenated alkanes) is 25. The molecule has 0 aliphatic rings. The van der Waals surface area contributed by atoms with Gasteiger partial charge in [-0.2, -0.15) is 0 Å². The van der Waals surface area contributed by atoms with Crippen LogP contribution in [0.2, 0.25) is 0 Å². The zero-order valence-electron chi connectivity index (χ0n) is 33.4. The van der Waals surface area contributed by atoms with E-state index in [2.05, 4.69) is 55.9 Å². The molecule has 0 N–H and O–H groups in total. The van der Waals surface area contributed by atoms with Crippen LogP contribution in [0.25, 0.3) is 0 Å². The number of quaternary nitrogens is 2. The summed E-state index contributed by atoms with van der Waals surface area (Å²) in [5, 5.41) is 0. The van der Waals surface area contributed by atoms with Crippen LogP contribution in [0.3, 0.4) is 0 Å². The topological polar surface area (TPSA) is 0 Å². The summed E-state index contributed by atoms with van der Waals surface area (Å²) in [6, 6.07) is 1.62. The molecule has 0 fully saturated rings. The monoisotopic (exact) mass is 781 g/mol. The fraction of sp³-hybridized carbons (Fsp3) is 1.00. The smallest absolute Gasteiger partial charge is 0.0857 e. The van der Waals surface area contributed by atoms with E-state index >= 15 is 0 Å². The molecule has 2 unspecified atom stereocenters. The van der Waals surface area contributed by atoms with Crippen molar-refractivity contribution in [2.45, 2.75) is 232 Å². The van der Waals surface area contributed by atoms with Gasteiger partial charge in [0.25, 0.3) is 0 Å². The molecule has 46 heavy (non-hydrogen) atoms. The summed E-state index contributed by atoms with van der Waals surface area (Å²) < 4.78 is 2.45. The minimum absolute atomic E-state index is 0. The number of hydrogen-bond donors (Lipinski definition) is 0. The van der Waals surface area contributed by atoms with E-state index in [9.17, 15) is 0 Å². The normalized spacial score (nSPS) is 13.3. The molecular formula is C42H90Br2N2. The average Bonchev–Trinajstić information content (AvgIpc) is 2.99. The fourth-order valence-electron chi connectivity index (χ4n) is 7.09. The molecule has 4 heteroatoms. The van der Waals surface area contributed by atoms with Crippen molar-refractivity contribution in [2.24, 2.45) is 0 Å². The Morgan fingerprint density at radius 2 is 0.500 bits per heavy atom. The Kier molecular flexibility index (Phi) is 39.8. The second-order valence-corrected chi connectivity index (χ2v) is 16.5. The van der Waals surface area contributed by atoms with Crippen molar-refractivity contribution in [1.29, 1.82) is 0 Å². The van der Waals surface area contributed by atoms with Gasteiger partial charge in [0.2, 0.25) is 0 Å². The maximum Gasteiger partial charge on any atom is 0.0857 e. The van der Waals surface area contributed by atoms with Crippen LogP contribution in [0.1, 0.15) is 220 Å². The van der Waals surface area contributed by atoms with Gasteiger partial charge in [-0.05, 0) is 65.2 Å². The zero-order valence-corrected chi connectivity index (χ0v) is 36.6. The van der Waals surface area contributed by atoms with Crippen molar-refractivity contribution in [3.8, 4) is 0 Å². The summed E-state index contributed by atoms with van der Waals surface area (Å²) in [7, 11) is 9.93. The van der Waals surface area contributed by atoms with Crippen molar-refractivity contribution in [3.05, 3.63) is 0 Å². The lowest BCUT2D eigenvalue weighted by atomic mass is 10.0. The first kappa shape index (κ1) is 51.3. The Bertz CT molecular complexity index is 530. The lowest BCUT2D eigenvalue weighted by Crippen LogP contribution is -3.00. The molecule has 0 heterocycles. The number of nitrogens with zero attached hydrogens (tertiary/aromatic N) is 2. The van der Waals surface area contributed by atoms with Gasteiger partial charge in [-0.3, -0.25) is 0 Å². The van der Waals surface area contributed by atoms with E-state index in [1.807, 2.05) is 0 Å². The molecule has 0 saturated carbocycles. The van der Waals surface area contributed by atoms with E-state index in [-0.39, 0.29) is 34.0 Å². The Labute approximate surface area is 315 Å². The molecule has 0 aliphatic heterocycles. The van der Waals surface area contributed by atoms with Crippen LogP contribution in [0.5, 0.6) is 0 Å². The van der Waals surface area contributed by atoms with Gasteiger partial charge in [-0.25, -0.2) is 0 Å². The second kappa shape index (κ2) is 35.7. The average molecular weight is 783 g/mol. The molecule has 2 nitrogen and oxygen atoms in total. The van der Waals surface area contributed by atoms with E-state index in [0.29, 0.717) is 0 Å². The van der Waals surface area contributed by atoms with Crippen LogP contribution in [-0.4, -0.2) is 62.3 Å². The van der Waals surface area contributed by atoms with Crippen LogP contribution >= 0.6 is 0 Å². The van der Waals surface area contributed by atoms with E-state index < -0.39 is 0 Å². The quantitative estimate of drug-likeness (QED) is 0.0458. The molecule has 0 rings (SSSR count). The summed E-state index contributed by atoms with van der Waals surface area (Å²) in [5.74, 6) is 0. The van der Waals surface area contributed by atoms with Crippen molar-refractivity contribution in [1.82, 2.24) is 0 Å². The van der Waals surface area contributed by atoms with E-state index in [4.69, 9.17) is 0 Å². The molecule has 282 valence electrons. The highest BCUT2D eigenvalue weighted by Crippen LogP contribution is 2.20. The lowest BCUT2D eigenvalue weighted by Gasteiger charge is -2.36. The predicted molar refractivity (Wildman–Crippen MR) is 203 cm³/mol. The molecule has 0 aromatic carbocycles. The Morgan fingerprint density at radius 3 is 0.739 bits per heavy atom. The molecule has 0 spiro atoms. The van der Waals surface area contributed by atoms with Crippen molar-refractivity contribution < 1.29 is 42.9 Å². The summed E-state index contributed by atoms with van der Waals surface area (Å²) >= 11 is 0. The molecule has 0 saturated heterocycles. The van der Waals surface area contributed by atoms with Gasteiger partial charge >= 0.3 is 0 Å². The highest BCUT2D eigenvalue weighted by molar-refractivity contribution is 4.57. The van der Waals surface area contributed by atoms with Gasteiger partial charge in [-0.15, -0.1) is 0 Å². The molecule has 0 radical (unpaired) electrons. The van der Waals surface area contributed by atoms with Crippen molar-refractivity contribution in [2.75, 3.05) is 41.3 Å². The third-order valence-electron chi connectivity index (χ3n) is 11.6. The van der Waals surface area contributed by atoms with Crippen LogP contribution < -0.4 is 34.0 Å². The van der Waals surface area contributed by atoms with Crippen LogP contribution in [0.4, 0.5) is 0 Å². The predicted octanol–water partition coefficient (Wildman–Crippen LogP) is 7.67. The number of rotatable bonds is 35. The largest absolute Gasteiger partial charge is 1.00 e. The Hall–Kier alpha value is 0.880. The van der Waals surface area contributed by atoms with Crippen LogP contribution in [-0.2, 0) is 0 Å². The molecule has 0 amide bonds. The zero-order chi connectivity index (χ0) is 32.8. The lowest BCUT2D eigenvalue weighted by molar-refractivity contribution is -0.913. The van der Waals surface area contributed by atoms with Gasteiger partial charge < -0.3 is 42.9 Å². The molecule has 2 atom stereocenters. The van der Waals surface area contributed by atoms with Crippen LogP contribution in [0, 0.1) is 0 Å². The molecule has 0 bridgehead atoms. The summed E-state index contributed by atoms with van der Waals surface area (Å²) in [6.07, 6.45) is 43.3. The van der Waals surface area contributed by atoms with E-state index in [0.717, 1.165) is 12.1 Å². The van der Waals surface area contributed by atoms with Crippen molar-refractivity contribution in [3.63, 3.8) is 0 Å². The molecule has 0 aromatic rings. The second-order valence-electron chi connectivity index (χ2n) is 16.5. The highest BCUT2D eigenvalue weighted by Gasteiger charge is 2.23. The molecular weight excluding hydrogens is 692 g/mol. The molecule has 0 aromatic heterocycles. The first-order valence-corrected chi connectivity index (χ1v) is 20.8. The third kappa shape index (κ3) is 32.1. The summed E-state index contributed by atoms with van der Waals surface area (Å²) in [5.41, 5.74) is 0. The fourth-order valence-corrected chi connectivity index (χ4v) is 7.09. The van der Waals surface area contributed by atoms with Gasteiger partial charge in [-0.1, -0.05) is 155 Å². The summed E-state index contributed by atoms with van der Waals surface area (Å²) in [4.78, 5) is 0. The minimum Gasteiger partial charge on any atom is -1.00 e. The summed E-state index contributed by atoms with van der Waals surface area (Å²) in [6.45, 7) is 12.4.